The molecule has 1 aliphatic heterocycles. The van der Waals surface area contributed by atoms with Gasteiger partial charge in [0, 0.05) is 25.2 Å². The molecule has 0 spiro atoms. The molecule has 2 rings (SSSR count). The summed E-state index contributed by atoms with van der Waals surface area (Å²) in [6, 6.07) is -0.145. The lowest BCUT2D eigenvalue weighted by Gasteiger charge is -2.10. The highest BCUT2D eigenvalue weighted by atomic mass is 16.5. The molecule has 2 N–H and O–H groups in total. The molecular formula is C11H17N3O2. The predicted octanol–water partition coefficient (Wildman–Crippen LogP) is -0.0117. The van der Waals surface area contributed by atoms with Crippen molar-refractivity contribution in [2.75, 3.05) is 13.2 Å². The molecule has 1 saturated heterocycles. The minimum absolute atomic E-state index is 0.145. The van der Waals surface area contributed by atoms with E-state index in [1.807, 2.05) is 17.8 Å². The van der Waals surface area contributed by atoms with Crippen molar-refractivity contribution < 1.29 is 9.53 Å². The Kier molecular flexibility index (Phi) is 3.36. The second-order valence-electron chi connectivity index (χ2n) is 4.16. The molecule has 0 aliphatic carbocycles. The van der Waals surface area contributed by atoms with Gasteiger partial charge >= 0.3 is 0 Å². The third kappa shape index (κ3) is 2.31. The van der Waals surface area contributed by atoms with Crippen LogP contribution in [0.2, 0.25) is 0 Å². The average molecular weight is 223 g/mol. The summed E-state index contributed by atoms with van der Waals surface area (Å²) in [5, 5.41) is 4.14. The number of nitrogens with zero attached hydrogens (tertiary/aromatic N) is 2. The Balaban J connectivity index is 1.96. The van der Waals surface area contributed by atoms with E-state index in [9.17, 15) is 4.79 Å². The normalized spacial score (nSPS) is 24.9. The first-order chi connectivity index (χ1) is 7.70. The van der Waals surface area contributed by atoms with Gasteiger partial charge in [-0.2, -0.15) is 5.10 Å². The molecule has 1 fully saturated rings. The maximum atomic E-state index is 11.9. The smallest absolute Gasteiger partial charge is 0.144 e. The standard InChI is InChI=1S/C11H17N3O2/c1-2-14-5-8(4-13-14)3-11(15)9-6-16-7-10(9)12/h4-5,9-10H,2-3,6-7,12H2,1H3. The van der Waals surface area contributed by atoms with Gasteiger partial charge in [-0.15, -0.1) is 0 Å². The number of Topliss-reactive ketones (excluding diaryl/α,β-unsaturated/α-hetero) is 1. The van der Waals surface area contributed by atoms with Crippen LogP contribution in [0.15, 0.2) is 12.4 Å². The van der Waals surface area contributed by atoms with Crippen LogP contribution in [0.1, 0.15) is 12.5 Å². The van der Waals surface area contributed by atoms with E-state index < -0.39 is 0 Å². The summed E-state index contributed by atoms with van der Waals surface area (Å²) in [6.45, 7) is 3.78. The van der Waals surface area contributed by atoms with Gasteiger partial charge in [-0.3, -0.25) is 9.48 Å². The van der Waals surface area contributed by atoms with Crippen molar-refractivity contribution in [3.63, 3.8) is 0 Å². The molecule has 0 aromatic carbocycles. The highest BCUT2D eigenvalue weighted by molar-refractivity contribution is 5.84. The van der Waals surface area contributed by atoms with Crippen molar-refractivity contribution in [1.82, 2.24) is 9.78 Å². The Bertz CT molecular complexity index is 375. The number of hydrogen-bond donors (Lipinski definition) is 1. The monoisotopic (exact) mass is 223 g/mol. The van der Waals surface area contributed by atoms with Gasteiger partial charge < -0.3 is 10.5 Å². The zero-order chi connectivity index (χ0) is 11.5. The van der Waals surface area contributed by atoms with Crippen LogP contribution < -0.4 is 5.73 Å². The fourth-order valence-corrected chi connectivity index (χ4v) is 1.91. The molecule has 1 aromatic rings. The van der Waals surface area contributed by atoms with Crippen LogP contribution in [0, 0.1) is 5.92 Å². The molecule has 5 heteroatoms. The number of rotatable bonds is 4. The molecule has 2 heterocycles. The second-order valence-corrected chi connectivity index (χ2v) is 4.16. The van der Waals surface area contributed by atoms with Crippen LogP contribution in [-0.4, -0.2) is 34.8 Å². The summed E-state index contributed by atoms with van der Waals surface area (Å²) in [7, 11) is 0. The molecule has 2 atom stereocenters. The number of carbonyl (C=O) groups is 1. The number of ether oxygens (including phenoxy) is 1. The van der Waals surface area contributed by atoms with Crippen molar-refractivity contribution in [3.05, 3.63) is 18.0 Å². The van der Waals surface area contributed by atoms with Gasteiger partial charge in [0.2, 0.25) is 0 Å². The van der Waals surface area contributed by atoms with E-state index in [2.05, 4.69) is 5.10 Å². The van der Waals surface area contributed by atoms with Gasteiger partial charge in [0.25, 0.3) is 0 Å². The van der Waals surface area contributed by atoms with E-state index in [0.29, 0.717) is 19.6 Å². The molecule has 2 unspecified atom stereocenters. The topological polar surface area (TPSA) is 70.1 Å². The Morgan fingerprint density at radius 1 is 1.69 bits per heavy atom. The summed E-state index contributed by atoms with van der Waals surface area (Å²) in [4.78, 5) is 11.9. The zero-order valence-corrected chi connectivity index (χ0v) is 9.43. The van der Waals surface area contributed by atoms with E-state index in [0.717, 1.165) is 12.1 Å². The number of ketones is 1. The van der Waals surface area contributed by atoms with E-state index >= 15 is 0 Å². The highest BCUT2D eigenvalue weighted by Gasteiger charge is 2.30. The predicted molar refractivity (Wildman–Crippen MR) is 58.9 cm³/mol. The molecule has 88 valence electrons. The van der Waals surface area contributed by atoms with Gasteiger partial charge in [0.15, 0.2) is 0 Å². The Hall–Kier alpha value is -1.20. The van der Waals surface area contributed by atoms with Crippen molar-refractivity contribution in [2.24, 2.45) is 11.7 Å². The molecule has 1 aliphatic rings. The average Bonchev–Trinajstić information content (AvgIpc) is 2.86. The molecule has 0 bridgehead atoms. The first-order valence-electron chi connectivity index (χ1n) is 5.58. The SMILES string of the molecule is CCn1cc(CC(=O)C2COCC2N)cn1. The van der Waals surface area contributed by atoms with Gasteiger partial charge in [0.05, 0.1) is 25.3 Å². The molecule has 16 heavy (non-hydrogen) atoms. The maximum absolute atomic E-state index is 11.9. The molecule has 0 radical (unpaired) electrons. The number of aryl methyl sites for hydroxylation is 1. The highest BCUT2D eigenvalue weighted by Crippen LogP contribution is 2.15. The van der Waals surface area contributed by atoms with Crippen molar-refractivity contribution >= 4 is 5.78 Å². The van der Waals surface area contributed by atoms with Crippen LogP contribution in [0.25, 0.3) is 0 Å². The first-order valence-corrected chi connectivity index (χ1v) is 5.58. The maximum Gasteiger partial charge on any atom is 0.144 e. The summed E-state index contributed by atoms with van der Waals surface area (Å²) < 4.78 is 7.00. The van der Waals surface area contributed by atoms with Gasteiger partial charge in [-0.1, -0.05) is 0 Å². The van der Waals surface area contributed by atoms with E-state index in [4.69, 9.17) is 10.5 Å². The van der Waals surface area contributed by atoms with E-state index in [1.54, 1.807) is 6.20 Å². The molecule has 0 saturated carbocycles. The summed E-state index contributed by atoms with van der Waals surface area (Å²) in [5.41, 5.74) is 6.75. The third-order valence-corrected chi connectivity index (χ3v) is 2.93. The lowest BCUT2D eigenvalue weighted by atomic mass is 9.95. The van der Waals surface area contributed by atoms with Crippen LogP contribution in [-0.2, 0) is 22.5 Å². The van der Waals surface area contributed by atoms with Gasteiger partial charge in [-0.05, 0) is 12.5 Å². The summed E-state index contributed by atoms with van der Waals surface area (Å²) in [6.07, 6.45) is 4.05. The molecule has 1 aromatic heterocycles. The van der Waals surface area contributed by atoms with Gasteiger partial charge in [0.1, 0.15) is 5.78 Å². The van der Waals surface area contributed by atoms with Crippen LogP contribution in [0.4, 0.5) is 0 Å². The van der Waals surface area contributed by atoms with E-state index in [1.165, 1.54) is 0 Å². The fourth-order valence-electron chi connectivity index (χ4n) is 1.91. The van der Waals surface area contributed by atoms with Crippen molar-refractivity contribution in [3.8, 4) is 0 Å². The number of aromatic nitrogens is 2. The Labute approximate surface area is 94.6 Å². The molecule has 0 amide bonds. The summed E-state index contributed by atoms with van der Waals surface area (Å²) >= 11 is 0. The first kappa shape index (κ1) is 11.3. The summed E-state index contributed by atoms with van der Waals surface area (Å²) in [5.74, 6) is 0.00521. The van der Waals surface area contributed by atoms with Crippen LogP contribution >= 0.6 is 0 Å². The Morgan fingerprint density at radius 3 is 3.06 bits per heavy atom. The van der Waals surface area contributed by atoms with Crippen LogP contribution in [0.3, 0.4) is 0 Å². The number of carbonyl (C=O) groups excluding carboxylic acids is 1. The van der Waals surface area contributed by atoms with Crippen molar-refractivity contribution in [2.45, 2.75) is 25.9 Å². The van der Waals surface area contributed by atoms with Crippen molar-refractivity contribution in [1.29, 1.82) is 0 Å². The van der Waals surface area contributed by atoms with Crippen LogP contribution in [0.5, 0.6) is 0 Å². The number of nitrogens with two attached hydrogens (primary N) is 1. The zero-order valence-electron chi connectivity index (χ0n) is 9.43. The van der Waals surface area contributed by atoms with E-state index in [-0.39, 0.29) is 17.7 Å². The lowest BCUT2D eigenvalue weighted by molar-refractivity contribution is -0.122. The number of hydrogen-bond acceptors (Lipinski definition) is 4. The minimum atomic E-state index is -0.148. The largest absolute Gasteiger partial charge is 0.379 e. The fraction of sp³-hybridized carbons (Fsp3) is 0.636. The third-order valence-electron chi connectivity index (χ3n) is 2.93. The Morgan fingerprint density at radius 2 is 2.50 bits per heavy atom. The molecule has 5 nitrogen and oxygen atoms in total. The molecular weight excluding hydrogens is 206 g/mol. The second kappa shape index (κ2) is 4.76. The minimum Gasteiger partial charge on any atom is -0.379 e. The lowest BCUT2D eigenvalue weighted by Crippen LogP contribution is -2.34. The van der Waals surface area contributed by atoms with Gasteiger partial charge in [-0.25, -0.2) is 0 Å². The quantitative estimate of drug-likeness (QED) is 0.779.